The number of benzene rings is 1. The van der Waals surface area contributed by atoms with Gasteiger partial charge in [-0.2, -0.15) is 0 Å². The number of allylic oxidation sites excluding steroid dienone is 1. The van der Waals surface area contributed by atoms with Crippen molar-refractivity contribution in [2.75, 3.05) is 31.1 Å². The maximum Gasteiger partial charge on any atom is 0.222 e. The van der Waals surface area contributed by atoms with Gasteiger partial charge in [0.15, 0.2) is 5.82 Å². The number of nitrogens with zero attached hydrogens (tertiary/aromatic N) is 4. The number of para-hydroxylation sites is 1. The van der Waals surface area contributed by atoms with Crippen LogP contribution in [0.15, 0.2) is 36.4 Å². The Morgan fingerprint density at radius 1 is 1.08 bits per heavy atom. The Morgan fingerprint density at radius 2 is 1.69 bits per heavy atom. The molecule has 0 atom stereocenters. The van der Waals surface area contributed by atoms with Gasteiger partial charge in [0.25, 0.3) is 0 Å². The van der Waals surface area contributed by atoms with E-state index in [0.717, 1.165) is 41.2 Å². The highest BCUT2D eigenvalue weighted by Gasteiger charge is 2.23. The summed E-state index contributed by atoms with van der Waals surface area (Å²) in [6.07, 6.45) is 8.75. The number of carbonyl (C=O) groups is 1. The van der Waals surface area contributed by atoms with Crippen molar-refractivity contribution < 1.29 is 9.90 Å². The lowest BCUT2D eigenvalue weighted by Crippen LogP contribution is -2.51. The third-order valence-corrected chi connectivity index (χ3v) is 6.29. The molecule has 6 heteroatoms. The average Bonchev–Trinajstić information content (AvgIpc) is 2.94. The second-order valence-electron chi connectivity index (χ2n) is 9.99. The first kappa shape index (κ1) is 33.9. The Hall–Kier alpha value is -3.15. The van der Waals surface area contributed by atoms with Gasteiger partial charge in [-0.15, -0.1) is 0 Å². The van der Waals surface area contributed by atoms with E-state index in [1.54, 1.807) is 12.1 Å². The van der Waals surface area contributed by atoms with Crippen LogP contribution in [-0.4, -0.2) is 52.1 Å². The zero-order valence-electron chi connectivity index (χ0n) is 25.8. The Labute approximate surface area is 237 Å². The number of piperazine rings is 1. The fourth-order valence-electron chi connectivity index (χ4n) is 4.17. The van der Waals surface area contributed by atoms with E-state index in [0.29, 0.717) is 49.9 Å². The highest BCUT2D eigenvalue weighted by atomic mass is 16.3. The standard InChI is InChI=1S/C28H38N4O2.C3H8.C2H6/c1-6-21(5)19-24-22(7-2)28(30-27(29-24)23-12-8-9-13-25(23)33)32-17-15-31(16-18-32)26(34)14-10-11-20(3)4;1-3-2;1-2/h7-9,12-13,19-20,33H,5-6,10-11,14-18H2,1-4H3;3H2,1-2H3;1-2H3/b22-7+,24-19+;;. The molecule has 1 fully saturated rings. The Balaban J connectivity index is 0.00000142. The molecule has 0 radical (unpaired) electrons. The predicted molar refractivity (Wildman–Crippen MR) is 167 cm³/mol. The molecule has 0 saturated carbocycles. The number of aromatic hydroxyl groups is 1. The molecule has 1 N–H and O–H groups in total. The topological polar surface area (TPSA) is 69.6 Å². The van der Waals surface area contributed by atoms with Gasteiger partial charge in [-0.05, 0) is 43.9 Å². The van der Waals surface area contributed by atoms with E-state index in [1.807, 2.05) is 50.0 Å². The maximum absolute atomic E-state index is 12.7. The zero-order valence-corrected chi connectivity index (χ0v) is 25.8. The first-order valence-corrected chi connectivity index (χ1v) is 14.8. The highest BCUT2D eigenvalue weighted by Crippen LogP contribution is 2.25. The number of aromatic nitrogens is 2. The van der Waals surface area contributed by atoms with E-state index < -0.39 is 0 Å². The molecule has 0 spiro atoms. The van der Waals surface area contributed by atoms with E-state index in [-0.39, 0.29) is 11.7 Å². The first-order chi connectivity index (χ1) is 18.7. The van der Waals surface area contributed by atoms with Crippen molar-refractivity contribution >= 4 is 23.9 Å². The van der Waals surface area contributed by atoms with Crippen molar-refractivity contribution in [3.8, 4) is 17.1 Å². The van der Waals surface area contributed by atoms with Gasteiger partial charge in [0.2, 0.25) is 5.91 Å². The van der Waals surface area contributed by atoms with Crippen LogP contribution in [0.2, 0.25) is 0 Å². The maximum atomic E-state index is 12.7. The van der Waals surface area contributed by atoms with Crippen LogP contribution in [0, 0.1) is 5.92 Å². The van der Waals surface area contributed by atoms with Crippen molar-refractivity contribution in [1.29, 1.82) is 0 Å². The summed E-state index contributed by atoms with van der Waals surface area (Å²) >= 11 is 0. The van der Waals surface area contributed by atoms with Gasteiger partial charge in [0, 0.05) is 37.8 Å². The molecule has 0 aliphatic carbocycles. The number of rotatable bonds is 8. The molecule has 1 aromatic heterocycles. The quantitative estimate of drug-likeness (QED) is 0.428. The third kappa shape index (κ3) is 10.5. The summed E-state index contributed by atoms with van der Waals surface area (Å²) in [6.45, 7) is 23.6. The van der Waals surface area contributed by atoms with Crippen LogP contribution in [0.3, 0.4) is 0 Å². The summed E-state index contributed by atoms with van der Waals surface area (Å²) in [5.74, 6) is 2.34. The number of hydrogen-bond donors (Lipinski definition) is 1. The van der Waals surface area contributed by atoms with Gasteiger partial charge in [0.1, 0.15) is 11.6 Å². The third-order valence-electron chi connectivity index (χ3n) is 6.29. The lowest BCUT2D eigenvalue weighted by atomic mass is 10.1. The summed E-state index contributed by atoms with van der Waals surface area (Å²) in [5, 5.41) is 12.2. The summed E-state index contributed by atoms with van der Waals surface area (Å²) in [4.78, 5) is 26.6. The van der Waals surface area contributed by atoms with Crippen molar-refractivity contribution in [2.45, 2.75) is 87.5 Å². The van der Waals surface area contributed by atoms with Crippen LogP contribution in [0.5, 0.6) is 5.75 Å². The highest BCUT2D eigenvalue weighted by molar-refractivity contribution is 5.76. The van der Waals surface area contributed by atoms with Gasteiger partial charge >= 0.3 is 0 Å². The molecule has 39 heavy (non-hydrogen) atoms. The van der Waals surface area contributed by atoms with Gasteiger partial charge in [-0.3, -0.25) is 4.79 Å². The molecular weight excluding hydrogens is 484 g/mol. The molecule has 0 bridgehead atoms. The normalized spacial score (nSPS) is 14.0. The van der Waals surface area contributed by atoms with Crippen LogP contribution < -0.4 is 15.5 Å². The molecule has 2 heterocycles. The molecule has 216 valence electrons. The van der Waals surface area contributed by atoms with Crippen LogP contribution >= 0.6 is 0 Å². The summed E-state index contributed by atoms with van der Waals surface area (Å²) in [7, 11) is 0. The molecule has 1 aromatic carbocycles. The molecule has 1 amide bonds. The Kier molecular flexibility index (Phi) is 15.8. The summed E-state index contributed by atoms with van der Waals surface area (Å²) < 4.78 is 0. The van der Waals surface area contributed by atoms with Crippen molar-refractivity contribution in [3.63, 3.8) is 0 Å². The lowest BCUT2D eigenvalue weighted by molar-refractivity contribution is -0.131. The molecule has 1 aliphatic heterocycles. The number of amides is 1. The van der Waals surface area contributed by atoms with Crippen molar-refractivity contribution in [1.82, 2.24) is 14.9 Å². The number of phenolic OH excluding ortho intramolecular Hbond substituents is 1. The number of anilines is 1. The smallest absolute Gasteiger partial charge is 0.222 e. The van der Waals surface area contributed by atoms with Crippen LogP contribution in [0.1, 0.15) is 87.5 Å². The van der Waals surface area contributed by atoms with Gasteiger partial charge in [0.05, 0.1) is 10.9 Å². The minimum atomic E-state index is 0.152. The van der Waals surface area contributed by atoms with Gasteiger partial charge in [-0.1, -0.05) is 91.7 Å². The van der Waals surface area contributed by atoms with E-state index >= 15 is 0 Å². The summed E-state index contributed by atoms with van der Waals surface area (Å²) in [6, 6.07) is 7.14. The SMILES string of the molecule is C=C(/C=c1/nc(-c2ccccc2O)nc(N2CCN(C(=O)CCCC(C)C)CC2)/c1=C/C)CC.CC.CCC. The van der Waals surface area contributed by atoms with Crippen LogP contribution in [0.25, 0.3) is 23.5 Å². The van der Waals surface area contributed by atoms with E-state index in [2.05, 4.69) is 46.1 Å². The molecule has 1 saturated heterocycles. The lowest BCUT2D eigenvalue weighted by Gasteiger charge is -2.36. The monoisotopic (exact) mass is 536 g/mol. The van der Waals surface area contributed by atoms with E-state index in [1.165, 1.54) is 6.42 Å². The Morgan fingerprint density at radius 3 is 2.23 bits per heavy atom. The van der Waals surface area contributed by atoms with Gasteiger partial charge in [-0.25, -0.2) is 9.97 Å². The summed E-state index contributed by atoms with van der Waals surface area (Å²) in [5.41, 5.74) is 1.58. The van der Waals surface area contributed by atoms with Crippen molar-refractivity contribution in [3.05, 3.63) is 47.0 Å². The van der Waals surface area contributed by atoms with E-state index in [9.17, 15) is 9.90 Å². The molecule has 6 nitrogen and oxygen atoms in total. The van der Waals surface area contributed by atoms with Gasteiger partial charge < -0.3 is 14.9 Å². The van der Waals surface area contributed by atoms with Crippen molar-refractivity contribution in [2.24, 2.45) is 5.92 Å². The second kappa shape index (κ2) is 18.2. The molecule has 1 aliphatic rings. The largest absolute Gasteiger partial charge is 0.507 e. The fourth-order valence-corrected chi connectivity index (χ4v) is 4.17. The predicted octanol–water partition coefficient (Wildman–Crippen LogP) is 6.31. The minimum Gasteiger partial charge on any atom is -0.507 e. The molecule has 3 rings (SSSR count). The fraction of sp³-hybridized carbons (Fsp3) is 0.545. The Bertz CT molecular complexity index is 1150. The first-order valence-electron chi connectivity index (χ1n) is 14.8. The van der Waals surface area contributed by atoms with Crippen LogP contribution in [-0.2, 0) is 4.79 Å². The average molecular weight is 537 g/mol. The molecular formula is C33H52N4O2. The van der Waals surface area contributed by atoms with Crippen LogP contribution in [0.4, 0.5) is 5.82 Å². The number of hydrogen-bond acceptors (Lipinski definition) is 5. The molecule has 2 aromatic rings. The number of phenols is 1. The molecule has 0 unspecified atom stereocenters. The minimum absolute atomic E-state index is 0.152. The van der Waals surface area contributed by atoms with E-state index in [4.69, 9.17) is 9.97 Å². The zero-order chi connectivity index (χ0) is 29.4. The second-order valence-corrected chi connectivity index (χ2v) is 9.99. The number of carbonyl (C=O) groups excluding carboxylic acids is 1.